The van der Waals surface area contributed by atoms with Crippen molar-refractivity contribution in [2.75, 3.05) is 25.6 Å². The summed E-state index contributed by atoms with van der Waals surface area (Å²) in [5.41, 5.74) is 0.204. The van der Waals surface area contributed by atoms with Crippen LogP contribution in [0.4, 0.5) is 5.82 Å². The number of esters is 1. The lowest BCUT2D eigenvalue weighted by Gasteiger charge is -2.11. The van der Waals surface area contributed by atoms with Gasteiger partial charge in [-0.3, -0.25) is 0 Å². The summed E-state index contributed by atoms with van der Waals surface area (Å²) in [6, 6.07) is 3.29. The van der Waals surface area contributed by atoms with Gasteiger partial charge in [0.2, 0.25) is 0 Å². The normalized spacial score (nSPS) is 15.4. The smallest absolute Gasteiger partial charge is 0.358 e. The van der Waals surface area contributed by atoms with Crippen LogP contribution in [-0.2, 0) is 9.47 Å². The molecule has 6 heteroatoms. The van der Waals surface area contributed by atoms with Crippen molar-refractivity contribution >= 4 is 11.8 Å². The predicted octanol–water partition coefficient (Wildman–Crippen LogP) is 1.63. The summed E-state index contributed by atoms with van der Waals surface area (Å²) in [5.74, 6) is 0.145. The summed E-state index contributed by atoms with van der Waals surface area (Å²) in [7, 11) is 1.32. The molecule has 0 aromatic carbocycles. The van der Waals surface area contributed by atoms with Gasteiger partial charge in [0.15, 0.2) is 5.69 Å². The molecule has 0 amide bonds. The van der Waals surface area contributed by atoms with Gasteiger partial charge in [0.1, 0.15) is 5.82 Å². The molecule has 1 saturated carbocycles. The number of hydrogen-bond acceptors (Lipinski definition) is 6. The van der Waals surface area contributed by atoms with E-state index >= 15 is 0 Å². The summed E-state index contributed by atoms with van der Waals surface area (Å²) < 4.78 is 10.3. The maximum Gasteiger partial charge on any atom is 0.358 e. The average molecular weight is 265 g/mol. The molecule has 0 saturated heterocycles. The molecule has 1 aromatic rings. The first kappa shape index (κ1) is 13.7. The van der Waals surface area contributed by atoms with Crippen molar-refractivity contribution < 1.29 is 14.3 Å². The largest absolute Gasteiger partial charge is 0.464 e. The second kappa shape index (κ2) is 7.04. The molecule has 1 aromatic heterocycles. The minimum absolute atomic E-state index is 0.204. The zero-order valence-electron chi connectivity index (χ0n) is 11.1. The van der Waals surface area contributed by atoms with Crippen molar-refractivity contribution in [1.82, 2.24) is 10.2 Å². The Morgan fingerprint density at radius 2 is 2.16 bits per heavy atom. The van der Waals surface area contributed by atoms with Gasteiger partial charge in [-0.1, -0.05) is 12.8 Å². The molecule has 1 heterocycles. The lowest BCUT2D eigenvalue weighted by molar-refractivity contribution is 0.0592. The Bertz CT molecular complexity index is 402. The van der Waals surface area contributed by atoms with Gasteiger partial charge in [-0.05, 0) is 25.0 Å². The lowest BCUT2D eigenvalue weighted by atomic mass is 10.3. The third kappa shape index (κ3) is 4.17. The topological polar surface area (TPSA) is 73.3 Å². The molecule has 0 aliphatic heterocycles. The van der Waals surface area contributed by atoms with Crippen molar-refractivity contribution in [3.8, 4) is 0 Å². The summed E-state index contributed by atoms with van der Waals surface area (Å²) in [5, 5.41) is 10.8. The molecule has 0 unspecified atom stereocenters. The number of carbonyl (C=O) groups is 1. The quantitative estimate of drug-likeness (QED) is 0.622. The minimum atomic E-state index is -0.483. The zero-order valence-corrected chi connectivity index (χ0v) is 11.1. The van der Waals surface area contributed by atoms with E-state index in [0.29, 0.717) is 25.1 Å². The van der Waals surface area contributed by atoms with Crippen LogP contribution in [0, 0.1) is 0 Å². The third-order valence-corrected chi connectivity index (χ3v) is 3.12. The van der Waals surface area contributed by atoms with Crippen LogP contribution >= 0.6 is 0 Å². The molecule has 6 nitrogen and oxygen atoms in total. The van der Waals surface area contributed by atoms with Gasteiger partial charge >= 0.3 is 5.97 Å². The van der Waals surface area contributed by atoms with Gasteiger partial charge in [0.25, 0.3) is 0 Å². The Hall–Kier alpha value is -1.69. The van der Waals surface area contributed by atoms with Crippen LogP contribution < -0.4 is 5.32 Å². The van der Waals surface area contributed by atoms with E-state index in [9.17, 15) is 4.79 Å². The predicted molar refractivity (Wildman–Crippen MR) is 70.1 cm³/mol. The van der Waals surface area contributed by atoms with Crippen molar-refractivity contribution in [1.29, 1.82) is 0 Å². The molecule has 0 atom stereocenters. The zero-order chi connectivity index (χ0) is 13.5. The highest BCUT2D eigenvalue weighted by molar-refractivity contribution is 5.86. The number of nitrogens with zero attached hydrogens (tertiary/aromatic N) is 2. The fraction of sp³-hybridized carbons (Fsp3) is 0.615. The Labute approximate surface area is 112 Å². The van der Waals surface area contributed by atoms with E-state index in [2.05, 4.69) is 20.3 Å². The van der Waals surface area contributed by atoms with E-state index in [1.165, 1.54) is 32.8 Å². The number of nitrogens with one attached hydrogen (secondary N) is 1. The molecule has 0 bridgehead atoms. The molecule has 1 fully saturated rings. The Balaban J connectivity index is 1.69. The Morgan fingerprint density at radius 1 is 1.37 bits per heavy atom. The summed E-state index contributed by atoms with van der Waals surface area (Å²) >= 11 is 0. The number of anilines is 1. The van der Waals surface area contributed by atoms with Crippen LogP contribution in [-0.4, -0.2) is 42.5 Å². The second-order valence-electron chi connectivity index (χ2n) is 4.50. The molecule has 1 N–H and O–H groups in total. The van der Waals surface area contributed by atoms with Gasteiger partial charge in [-0.15, -0.1) is 10.2 Å². The summed E-state index contributed by atoms with van der Waals surface area (Å²) in [6.07, 6.45) is 5.33. The van der Waals surface area contributed by atoms with Gasteiger partial charge in [0.05, 0.1) is 19.8 Å². The van der Waals surface area contributed by atoms with Crippen LogP contribution in [0.2, 0.25) is 0 Å². The second-order valence-corrected chi connectivity index (χ2v) is 4.50. The molecule has 1 aliphatic carbocycles. The van der Waals surface area contributed by atoms with Crippen molar-refractivity contribution in [3.05, 3.63) is 17.8 Å². The molecule has 1 aliphatic rings. The summed E-state index contributed by atoms with van der Waals surface area (Å²) in [4.78, 5) is 11.2. The van der Waals surface area contributed by atoms with Crippen LogP contribution in [0.1, 0.15) is 36.2 Å². The Morgan fingerprint density at radius 3 is 2.79 bits per heavy atom. The van der Waals surface area contributed by atoms with Crippen LogP contribution in [0.3, 0.4) is 0 Å². The van der Waals surface area contributed by atoms with E-state index < -0.39 is 5.97 Å². The molecule has 104 valence electrons. The number of methoxy groups -OCH3 is 1. The van der Waals surface area contributed by atoms with Gasteiger partial charge in [0, 0.05) is 6.54 Å². The number of rotatable bonds is 6. The van der Waals surface area contributed by atoms with E-state index in [-0.39, 0.29) is 5.69 Å². The standard InChI is InChI=1S/C13H19N3O3/c1-18-13(17)11-6-7-12(16-15-11)14-8-9-19-10-4-2-3-5-10/h6-7,10H,2-5,8-9H2,1H3,(H,14,16). The highest BCUT2D eigenvalue weighted by Crippen LogP contribution is 2.20. The molecule has 2 rings (SSSR count). The third-order valence-electron chi connectivity index (χ3n) is 3.12. The number of hydrogen-bond donors (Lipinski definition) is 1. The molecule has 0 spiro atoms. The lowest BCUT2D eigenvalue weighted by Crippen LogP contribution is -2.16. The van der Waals surface area contributed by atoms with E-state index in [4.69, 9.17) is 4.74 Å². The maximum atomic E-state index is 11.2. The van der Waals surface area contributed by atoms with Gasteiger partial charge in [-0.2, -0.15) is 0 Å². The first-order valence-electron chi connectivity index (χ1n) is 6.57. The van der Waals surface area contributed by atoms with Crippen LogP contribution in [0.5, 0.6) is 0 Å². The number of aromatic nitrogens is 2. The van der Waals surface area contributed by atoms with Crippen molar-refractivity contribution in [2.24, 2.45) is 0 Å². The van der Waals surface area contributed by atoms with Crippen LogP contribution in [0.15, 0.2) is 12.1 Å². The first-order chi connectivity index (χ1) is 9.29. The maximum absolute atomic E-state index is 11.2. The molecule has 0 radical (unpaired) electrons. The van der Waals surface area contributed by atoms with E-state index in [1.807, 2.05) is 0 Å². The van der Waals surface area contributed by atoms with Gasteiger partial charge < -0.3 is 14.8 Å². The Kier molecular flexibility index (Phi) is 5.09. The first-order valence-corrected chi connectivity index (χ1v) is 6.57. The highest BCUT2D eigenvalue weighted by atomic mass is 16.5. The van der Waals surface area contributed by atoms with Crippen molar-refractivity contribution in [2.45, 2.75) is 31.8 Å². The SMILES string of the molecule is COC(=O)c1ccc(NCCOC2CCCC2)nn1. The van der Waals surface area contributed by atoms with E-state index in [0.717, 1.165) is 0 Å². The minimum Gasteiger partial charge on any atom is -0.464 e. The number of carbonyl (C=O) groups excluding carboxylic acids is 1. The number of ether oxygens (including phenoxy) is 2. The van der Waals surface area contributed by atoms with Crippen LogP contribution in [0.25, 0.3) is 0 Å². The highest BCUT2D eigenvalue weighted by Gasteiger charge is 2.14. The van der Waals surface area contributed by atoms with Gasteiger partial charge in [-0.25, -0.2) is 4.79 Å². The molecule has 19 heavy (non-hydrogen) atoms. The fourth-order valence-corrected chi connectivity index (χ4v) is 2.10. The summed E-state index contributed by atoms with van der Waals surface area (Å²) in [6.45, 7) is 1.34. The fourth-order valence-electron chi connectivity index (χ4n) is 2.10. The molecular formula is C13H19N3O3. The molecular weight excluding hydrogens is 246 g/mol. The average Bonchev–Trinajstić information content (AvgIpc) is 2.96. The van der Waals surface area contributed by atoms with E-state index in [1.54, 1.807) is 12.1 Å². The monoisotopic (exact) mass is 265 g/mol. The van der Waals surface area contributed by atoms with Crippen molar-refractivity contribution in [3.63, 3.8) is 0 Å².